The Hall–Kier alpha value is -0.0800. The van der Waals surface area contributed by atoms with E-state index in [1.165, 1.54) is 32.5 Å². The van der Waals surface area contributed by atoms with E-state index in [0.717, 1.165) is 12.0 Å². The average molecular weight is 224 g/mol. The van der Waals surface area contributed by atoms with Gasteiger partial charge in [0.2, 0.25) is 0 Å². The molecule has 1 N–H and O–H groups in total. The van der Waals surface area contributed by atoms with Crippen LogP contribution >= 0.6 is 0 Å². The lowest BCUT2D eigenvalue weighted by Crippen LogP contribution is -2.42. The van der Waals surface area contributed by atoms with Gasteiger partial charge in [0.1, 0.15) is 0 Å². The molecule has 1 saturated heterocycles. The summed E-state index contributed by atoms with van der Waals surface area (Å²) in [4.78, 5) is 2.68. The third kappa shape index (κ3) is 1.91. The van der Waals surface area contributed by atoms with E-state index in [-0.39, 0.29) is 0 Å². The van der Waals surface area contributed by atoms with E-state index in [9.17, 15) is 0 Å². The zero-order valence-electron chi connectivity index (χ0n) is 11.6. The first kappa shape index (κ1) is 12.4. The highest BCUT2D eigenvalue weighted by molar-refractivity contribution is 5.13. The van der Waals surface area contributed by atoms with Crippen LogP contribution in [0.25, 0.3) is 0 Å². The molecule has 1 aliphatic carbocycles. The Bertz CT molecular complexity index is 235. The molecule has 0 bridgehead atoms. The summed E-state index contributed by atoms with van der Waals surface area (Å²) in [5.41, 5.74) is 1.10. The van der Waals surface area contributed by atoms with Crippen LogP contribution in [0.2, 0.25) is 0 Å². The fourth-order valence-electron chi connectivity index (χ4n) is 3.45. The van der Waals surface area contributed by atoms with Crippen LogP contribution in [0.15, 0.2) is 0 Å². The Morgan fingerprint density at radius 3 is 1.94 bits per heavy atom. The van der Waals surface area contributed by atoms with E-state index < -0.39 is 0 Å². The molecule has 0 aromatic rings. The molecule has 0 aromatic heterocycles. The molecule has 1 saturated carbocycles. The van der Waals surface area contributed by atoms with Crippen molar-refractivity contribution in [2.75, 3.05) is 26.7 Å². The monoisotopic (exact) mass is 224 g/mol. The zero-order chi connectivity index (χ0) is 12.0. The molecule has 94 valence electrons. The normalized spacial score (nSPS) is 30.6. The predicted octanol–water partition coefficient (Wildman–Crippen LogP) is 2.35. The summed E-state index contributed by atoms with van der Waals surface area (Å²) in [6.45, 7) is 13.6. The Labute approximate surface area is 101 Å². The maximum atomic E-state index is 3.40. The molecule has 16 heavy (non-hydrogen) atoms. The third-order valence-electron chi connectivity index (χ3n) is 5.76. The van der Waals surface area contributed by atoms with Gasteiger partial charge in [0.05, 0.1) is 0 Å². The van der Waals surface area contributed by atoms with Crippen molar-refractivity contribution in [3.63, 3.8) is 0 Å². The number of hydrogen-bond donors (Lipinski definition) is 1. The maximum absolute atomic E-state index is 3.40. The molecule has 2 fully saturated rings. The molecule has 2 rings (SSSR count). The topological polar surface area (TPSA) is 15.3 Å². The van der Waals surface area contributed by atoms with Gasteiger partial charge >= 0.3 is 0 Å². The summed E-state index contributed by atoms with van der Waals surface area (Å²) in [7, 11) is 2.09. The van der Waals surface area contributed by atoms with Crippen molar-refractivity contribution in [2.24, 2.45) is 16.7 Å². The smallest absolute Gasteiger partial charge is 0.00884 e. The van der Waals surface area contributed by atoms with Crippen LogP contribution in [0.1, 0.15) is 40.5 Å². The third-order valence-corrected chi connectivity index (χ3v) is 5.76. The van der Waals surface area contributed by atoms with Crippen LogP contribution < -0.4 is 5.32 Å². The minimum Gasteiger partial charge on any atom is -0.317 e. The molecule has 0 aromatic carbocycles. The molecule has 0 unspecified atom stereocenters. The molecule has 2 nitrogen and oxygen atoms in total. The van der Waals surface area contributed by atoms with Crippen molar-refractivity contribution < 1.29 is 0 Å². The minimum atomic E-state index is 0.548. The van der Waals surface area contributed by atoms with Crippen LogP contribution in [0.4, 0.5) is 0 Å². The summed E-state index contributed by atoms with van der Waals surface area (Å²) in [6, 6.07) is 0.761. The number of rotatable bonds is 3. The number of nitrogens with one attached hydrogen (secondary N) is 1. The number of piperidine rings is 1. The number of hydrogen-bond acceptors (Lipinski definition) is 2. The van der Waals surface area contributed by atoms with Crippen molar-refractivity contribution in [3.8, 4) is 0 Å². The van der Waals surface area contributed by atoms with Gasteiger partial charge < -0.3 is 10.2 Å². The van der Waals surface area contributed by atoms with Crippen molar-refractivity contribution in [1.29, 1.82) is 0 Å². The van der Waals surface area contributed by atoms with Gasteiger partial charge in [0.25, 0.3) is 0 Å². The molecular weight excluding hydrogens is 196 g/mol. The highest BCUT2D eigenvalue weighted by Crippen LogP contribution is 2.68. The second-order valence-corrected chi connectivity index (χ2v) is 6.86. The van der Waals surface area contributed by atoms with Crippen molar-refractivity contribution >= 4 is 0 Å². The molecule has 2 heteroatoms. The van der Waals surface area contributed by atoms with Crippen LogP contribution in [0, 0.1) is 16.7 Å². The standard InChI is InChI=1S/C14H28N2/c1-13(2)12(14(13,3)4)10-16-8-6-11(15-5)7-9-16/h11-12,15H,6-10H2,1-5H3. The summed E-state index contributed by atoms with van der Waals surface area (Å²) in [5.74, 6) is 0.895. The van der Waals surface area contributed by atoms with Crippen LogP contribution in [0.3, 0.4) is 0 Å². The maximum Gasteiger partial charge on any atom is 0.00884 e. The fourth-order valence-corrected chi connectivity index (χ4v) is 3.45. The molecular formula is C14H28N2. The first-order valence-electron chi connectivity index (χ1n) is 6.79. The Balaban J connectivity index is 1.81. The highest BCUT2D eigenvalue weighted by Gasteiger charge is 2.64. The lowest BCUT2D eigenvalue weighted by Gasteiger charge is -2.32. The van der Waals surface area contributed by atoms with Crippen LogP contribution in [-0.2, 0) is 0 Å². The van der Waals surface area contributed by atoms with Crippen molar-refractivity contribution in [1.82, 2.24) is 10.2 Å². The molecule has 1 aliphatic heterocycles. The second kappa shape index (κ2) is 3.99. The molecule has 0 radical (unpaired) electrons. The predicted molar refractivity (Wildman–Crippen MR) is 69.6 cm³/mol. The van der Waals surface area contributed by atoms with E-state index in [2.05, 4.69) is 45.0 Å². The molecule has 1 heterocycles. The Kier molecular flexibility index (Phi) is 3.09. The van der Waals surface area contributed by atoms with Gasteiger partial charge in [-0.3, -0.25) is 0 Å². The summed E-state index contributed by atoms with van der Waals surface area (Å²) >= 11 is 0. The minimum absolute atomic E-state index is 0.548. The van der Waals surface area contributed by atoms with E-state index in [1.54, 1.807) is 0 Å². The van der Waals surface area contributed by atoms with Gasteiger partial charge in [-0.15, -0.1) is 0 Å². The van der Waals surface area contributed by atoms with Gasteiger partial charge in [-0.1, -0.05) is 27.7 Å². The van der Waals surface area contributed by atoms with Crippen LogP contribution in [0.5, 0.6) is 0 Å². The van der Waals surface area contributed by atoms with Gasteiger partial charge in [-0.25, -0.2) is 0 Å². The Morgan fingerprint density at radius 2 is 1.56 bits per heavy atom. The van der Waals surface area contributed by atoms with E-state index in [4.69, 9.17) is 0 Å². The SMILES string of the molecule is CNC1CCN(CC2C(C)(C)C2(C)C)CC1. The van der Waals surface area contributed by atoms with Gasteiger partial charge in [-0.2, -0.15) is 0 Å². The molecule has 0 spiro atoms. The van der Waals surface area contributed by atoms with Gasteiger partial charge in [0.15, 0.2) is 0 Å². The summed E-state index contributed by atoms with van der Waals surface area (Å²) in [5, 5.41) is 3.40. The molecule has 0 atom stereocenters. The van der Waals surface area contributed by atoms with E-state index >= 15 is 0 Å². The number of nitrogens with zero attached hydrogens (tertiary/aromatic N) is 1. The quantitative estimate of drug-likeness (QED) is 0.791. The lowest BCUT2D eigenvalue weighted by molar-refractivity contribution is 0.185. The average Bonchev–Trinajstić information content (AvgIpc) is 2.62. The largest absolute Gasteiger partial charge is 0.317 e. The van der Waals surface area contributed by atoms with Crippen molar-refractivity contribution in [3.05, 3.63) is 0 Å². The fraction of sp³-hybridized carbons (Fsp3) is 1.00. The lowest BCUT2D eigenvalue weighted by atomic mass is 10.0. The van der Waals surface area contributed by atoms with Crippen LogP contribution in [-0.4, -0.2) is 37.6 Å². The number of likely N-dealkylation sites (tertiary alicyclic amines) is 1. The second-order valence-electron chi connectivity index (χ2n) is 6.86. The Morgan fingerprint density at radius 1 is 1.06 bits per heavy atom. The first-order valence-corrected chi connectivity index (χ1v) is 6.79. The molecule has 0 amide bonds. The van der Waals surface area contributed by atoms with E-state index in [0.29, 0.717) is 10.8 Å². The molecule has 2 aliphatic rings. The summed E-state index contributed by atoms with van der Waals surface area (Å²) < 4.78 is 0. The highest BCUT2D eigenvalue weighted by atomic mass is 15.2. The van der Waals surface area contributed by atoms with Gasteiger partial charge in [0, 0.05) is 12.6 Å². The van der Waals surface area contributed by atoms with E-state index in [1.807, 2.05) is 0 Å². The summed E-state index contributed by atoms with van der Waals surface area (Å²) in [6.07, 6.45) is 2.65. The van der Waals surface area contributed by atoms with Crippen molar-refractivity contribution in [2.45, 2.75) is 46.6 Å². The van der Waals surface area contributed by atoms with Gasteiger partial charge in [-0.05, 0) is 49.7 Å². The first-order chi connectivity index (χ1) is 7.39. The zero-order valence-corrected chi connectivity index (χ0v) is 11.6.